The van der Waals surface area contributed by atoms with Crippen LogP contribution in [0.3, 0.4) is 0 Å². The quantitative estimate of drug-likeness (QED) is 0.873. The molecule has 1 aliphatic heterocycles. The normalized spacial score (nSPS) is 29.4. The van der Waals surface area contributed by atoms with Gasteiger partial charge in [0.05, 0.1) is 5.69 Å². The van der Waals surface area contributed by atoms with Gasteiger partial charge in [0.2, 0.25) is 0 Å². The molecule has 4 nitrogen and oxygen atoms in total. The molecule has 1 aromatic heterocycles. The minimum Gasteiger partial charge on any atom is -0.311 e. The number of nitrogens with zero attached hydrogens (tertiary/aromatic N) is 3. The molecular formula is C14H22N4. The molecule has 1 N–H and O–H groups in total. The summed E-state index contributed by atoms with van der Waals surface area (Å²) in [5.74, 6) is 0.923. The fraction of sp³-hybridized carbons (Fsp3) is 0.714. The lowest BCUT2D eigenvalue weighted by molar-refractivity contribution is 0.110. The molecule has 2 aliphatic rings. The summed E-state index contributed by atoms with van der Waals surface area (Å²) in [7, 11) is 0. The molecule has 1 aromatic rings. The molecule has 98 valence electrons. The fourth-order valence-electron chi connectivity index (χ4n) is 2.92. The molecule has 2 heterocycles. The van der Waals surface area contributed by atoms with Crippen LogP contribution < -0.4 is 5.32 Å². The van der Waals surface area contributed by atoms with Crippen LogP contribution in [0.1, 0.15) is 31.9 Å². The summed E-state index contributed by atoms with van der Waals surface area (Å²) in [6.45, 7) is 5.50. The lowest BCUT2D eigenvalue weighted by atomic mass is 10.0. The van der Waals surface area contributed by atoms with Crippen molar-refractivity contribution in [3.05, 3.63) is 24.0 Å². The Balaban J connectivity index is 1.66. The molecule has 0 aromatic carbocycles. The summed E-state index contributed by atoms with van der Waals surface area (Å²) in [4.78, 5) is 2.59. The van der Waals surface area contributed by atoms with Gasteiger partial charge in [0.1, 0.15) is 0 Å². The predicted octanol–water partition coefficient (Wildman–Crippen LogP) is 1.44. The first-order chi connectivity index (χ1) is 8.86. The average molecular weight is 246 g/mol. The van der Waals surface area contributed by atoms with Crippen molar-refractivity contribution in [2.45, 2.75) is 44.8 Å². The highest BCUT2D eigenvalue weighted by molar-refractivity contribution is 5.01. The van der Waals surface area contributed by atoms with Crippen LogP contribution in [0.5, 0.6) is 0 Å². The third-order valence-electron chi connectivity index (χ3n) is 4.22. The van der Waals surface area contributed by atoms with Crippen molar-refractivity contribution in [2.24, 2.45) is 5.92 Å². The summed E-state index contributed by atoms with van der Waals surface area (Å²) in [5, 5.41) is 11.9. The maximum atomic E-state index is 4.22. The van der Waals surface area contributed by atoms with E-state index in [9.17, 15) is 0 Å². The van der Waals surface area contributed by atoms with Crippen LogP contribution in [-0.2, 0) is 6.54 Å². The van der Waals surface area contributed by atoms with Crippen molar-refractivity contribution in [3.63, 3.8) is 0 Å². The molecule has 1 saturated carbocycles. The second-order valence-corrected chi connectivity index (χ2v) is 5.56. The lowest BCUT2D eigenvalue weighted by Crippen LogP contribution is -2.56. The summed E-state index contributed by atoms with van der Waals surface area (Å²) in [6, 6.07) is 5.39. The highest BCUT2D eigenvalue weighted by atomic mass is 15.2. The molecule has 18 heavy (non-hydrogen) atoms. The first-order valence-electron chi connectivity index (χ1n) is 7.11. The van der Waals surface area contributed by atoms with Gasteiger partial charge in [-0.3, -0.25) is 4.90 Å². The fourth-order valence-corrected chi connectivity index (χ4v) is 2.92. The molecule has 3 rings (SSSR count). The lowest BCUT2D eigenvalue weighted by Gasteiger charge is -2.40. The summed E-state index contributed by atoms with van der Waals surface area (Å²) >= 11 is 0. The second kappa shape index (κ2) is 5.33. The first-order valence-corrected chi connectivity index (χ1v) is 7.11. The van der Waals surface area contributed by atoms with E-state index in [0.29, 0.717) is 12.1 Å². The van der Waals surface area contributed by atoms with Gasteiger partial charge in [0.15, 0.2) is 0 Å². The smallest absolute Gasteiger partial charge is 0.0771 e. The van der Waals surface area contributed by atoms with Crippen molar-refractivity contribution < 1.29 is 0 Å². The number of hydrogen-bond donors (Lipinski definition) is 1. The summed E-state index contributed by atoms with van der Waals surface area (Å²) in [5.41, 5.74) is 1.09. The van der Waals surface area contributed by atoms with E-state index in [1.54, 1.807) is 6.20 Å². The van der Waals surface area contributed by atoms with E-state index in [4.69, 9.17) is 0 Å². The van der Waals surface area contributed by atoms with Crippen LogP contribution in [0.2, 0.25) is 0 Å². The highest BCUT2D eigenvalue weighted by Crippen LogP contribution is 2.34. The van der Waals surface area contributed by atoms with Gasteiger partial charge in [-0.1, -0.05) is 6.92 Å². The van der Waals surface area contributed by atoms with Gasteiger partial charge >= 0.3 is 0 Å². The number of aromatic nitrogens is 2. The number of rotatable bonds is 4. The standard InChI is InChI=1S/C14H22N4/c1-2-13-8-15-14(11-5-6-11)10-18(13)9-12-4-3-7-16-17-12/h3-4,7,11,13-15H,2,5-6,8-10H2,1H3. The zero-order chi connectivity index (χ0) is 12.4. The third kappa shape index (κ3) is 2.70. The predicted molar refractivity (Wildman–Crippen MR) is 71.0 cm³/mol. The van der Waals surface area contributed by atoms with Gasteiger partial charge in [0.25, 0.3) is 0 Å². The molecule has 2 atom stereocenters. The van der Waals surface area contributed by atoms with Crippen LogP contribution in [-0.4, -0.2) is 40.3 Å². The zero-order valence-electron chi connectivity index (χ0n) is 11.0. The molecule has 2 fully saturated rings. The largest absolute Gasteiger partial charge is 0.311 e. The van der Waals surface area contributed by atoms with Crippen LogP contribution in [0.25, 0.3) is 0 Å². The van der Waals surface area contributed by atoms with Gasteiger partial charge < -0.3 is 5.32 Å². The van der Waals surface area contributed by atoms with E-state index in [2.05, 4.69) is 33.4 Å². The monoisotopic (exact) mass is 246 g/mol. The zero-order valence-corrected chi connectivity index (χ0v) is 11.0. The van der Waals surface area contributed by atoms with E-state index in [-0.39, 0.29) is 0 Å². The third-order valence-corrected chi connectivity index (χ3v) is 4.22. The van der Waals surface area contributed by atoms with Crippen LogP contribution in [0, 0.1) is 5.92 Å². The Morgan fingerprint density at radius 2 is 2.33 bits per heavy atom. The molecule has 1 saturated heterocycles. The molecule has 4 heteroatoms. The Labute approximate surface area is 109 Å². The minimum atomic E-state index is 0.641. The number of nitrogens with one attached hydrogen (secondary N) is 1. The Bertz CT molecular complexity index is 377. The van der Waals surface area contributed by atoms with E-state index in [0.717, 1.165) is 24.7 Å². The Hall–Kier alpha value is -1.00. The summed E-state index contributed by atoms with van der Waals surface area (Å²) < 4.78 is 0. The molecule has 0 radical (unpaired) electrons. The van der Waals surface area contributed by atoms with Gasteiger partial charge in [0, 0.05) is 37.9 Å². The maximum Gasteiger partial charge on any atom is 0.0771 e. The molecular weight excluding hydrogens is 224 g/mol. The molecule has 0 amide bonds. The van der Waals surface area contributed by atoms with Crippen molar-refractivity contribution in [2.75, 3.05) is 13.1 Å². The molecule has 2 unspecified atom stereocenters. The second-order valence-electron chi connectivity index (χ2n) is 5.56. The maximum absolute atomic E-state index is 4.22. The van der Waals surface area contributed by atoms with Crippen LogP contribution in [0.4, 0.5) is 0 Å². The van der Waals surface area contributed by atoms with Gasteiger partial charge in [-0.25, -0.2) is 0 Å². The highest BCUT2D eigenvalue weighted by Gasteiger charge is 2.36. The SMILES string of the molecule is CCC1CNC(C2CC2)CN1Cc1cccnn1. The van der Waals surface area contributed by atoms with Gasteiger partial charge in [-0.15, -0.1) is 0 Å². The Kier molecular flexibility index (Phi) is 3.57. The molecule has 1 aliphatic carbocycles. The van der Waals surface area contributed by atoms with Gasteiger partial charge in [-0.05, 0) is 37.3 Å². The van der Waals surface area contributed by atoms with Gasteiger partial charge in [-0.2, -0.15) is 10.2 Å². The molecule has 0 bridgehead atoms. The van der Waals surface area contributed by atoms with Crippen molar-refractivity contribution in [3.8, 4) is 0 Å². The molecule has 0 spiro atoms. The van der Waals surface area contributed by atoms with Crippen LogP contribution in [0.15, 0.2) is 18.3 Å². The number of hydrogen-bond acceptors (Lipinski definition) is 4. The minimum absolute atomic E-state index is 0.641. The van der Waals surface area contributed by atoms with Crippen molar-refractivity contribution in [1.82, 2.24) is 20.4 Å². The Morgan fingerprint density at radius 3 is 3.00 bits per heavy atom. The van der Waals surface area contributed by atoms with Crippen LogP contribution >= 0.6 is 0 Å². The Morgan fingerprint density at radius 1 is 1.44 bits per heavy atom. The van der Waals surface area contributed by atoms with E-state index < -0.39 is 0 Å². The summed E-state index contributed by atoms with van der Waals surface area (Å²) in [6.07, 6.45) is 5.76. The van der Waals surface area contributed by atoms with Crippen molar-refractivity contribution in [1.29, 1.82) is 0 Å². The van der Waals surface area contributed by atoms with E-state index in [1.165, 1.54) is 25.8 Å². The van der Waals surface area contributed by atoms with E-state index in [1.807, 2.05) is 6.07 Å². The first kappa shape index (κ1) is 12.1. The topological polar surface area (TPSA) is 41.0 Å². The van der Waals surface area contributed by atoms with Crippen molar-refractivity contribution >= 4 is 0 Å². The number of piperazine rings is 1. The van der Waals surface area contributed by atoms with E-state index >= 15 is 0 Å². The average Bonchev–Trinajstić information content (AvgIpc) is 3.24.